The Morgan fingerprint density at radius 3 is 2.77 bits per heavy atom. The summed E-state index contributed by atoms with van der Waals surface area (Å²) in [6.45, 7) is 1.76. The molecule has 1 fully saturated rings. The van der Waals surface area contributed by atoms with Crippen molar-refractivity contribution in [1.82, 2.24) is 14.8 Å². The molecular weight excluding hydrogens is 382 g/mol. The van der Waals surface area contributed by atoms with Crippen LogP contribution in [-0.2, 0) is 11.3 Å². The van der Waals surface area contributed by atoms with Crippen LogP contribution in [0, 0.1) is 0 Å². The van der Waals surface area contributed by atoms with E-state index in [9.17, 15) is 9.59 Å². The Morgan fingerprint density at radius 1 is 1.13 bits per heavy atom. The van der Waals surface area contributed by atoms with Crippen molar-refractivity contribution in [2.24, 2.45) is 0 Å². The zero-order valence-electron chi connectivity index (χ0n) is 16.5. The maximum atomic E-state index is 12.6. The van der Waals surface area contributed by atoms with Gasteiger partial charge in [0.15, 0.2) is 0 Å². The number of nitrogens with zero attached hydrogens (tertiary/aromatic N) is 4. The Morgan fingerprint density at radius 2 is 2.00 bits per heavy atom. The molecule has 8 heteroatoms. The maximum absolute atomic E-state index is 12.6. The summed E-state index contributed by atoms with van der Waals surface area (Å²) in [4.78, 5) is 30.3. The van der Waals surface area contributed by atoms with Crippen LogP contribution in [0.4, 0.5) is 11.4 Å². The van der Waals surface area contributed by atoms with Gasteiger partial charge in [-0.05, 0) is 49.2 Å². The van der Waals surface area contributed by atoms with Crippen molar-refractivity contribution in [3.05, 3.63) is 66.7 Å². The Labute approximate surface area is 174 Å². The average molecular weight is 405 g/mol. The van der Waals surface area contributed by atoms with Crippen molar-refractivity contribution in [1.29, 1.82) is 0 Å². The third-order valence-corrected chi connectivity index (χ3v) is 4.91. The van der Waals surface area contributed by atoms with Gasteiger partial charge in [0.1, 0.15) is 25.0 Å². The van der Waals surface area contributed by atoms with E-state index in [2.05, 4.69) is 15.4 Å². The first kappa shape index (κ1) is 19.6. The topological polar surface area (TPSA) is 89.3 Å². The third-order valence-electron chi connectivity index (χ3n) is 4.91. The Hall–Kier alpha value is -3.68. The first-order chi connectivity index (χ1) is 14.7. The van der Waals surface area contributed by atoms with Crippen LogP contribution in [0.3, 0.4) is 0 Å². The number of rotatable bonds is 7. The lowest BCUT2D eigenvalue weighted by Crippen LogP contribution is -2.35. The van der Waals surface area contributed by atoms with Crippen LogP contribution in [0.25, 0.3) is 0 Å². The molecule has 0 unspecified atom stereocenters. The van der Waals surface area contributed by atoms with Crippen LogP contribution in [-0.4, -0.2) is 39.7 Å². The van der Waals surface area contributed by atoms with E-state index < -0.39 is 0 Å². The molecule has 2 amide bonds. The largest absolute Gasteiger partial charge is 0.492 e. The molecule has 0 radical (unpaired) electrons. The normalized spacial score (nSPS) is 13.9. The van der Waals surface area contributed by atoms with Gasteiger partial charge in [-0.25, -0.2) is 9.67 Å². The summed E-state index contributed by atoms with van der Waals surface area (Å²) in [6.07, 6.45) is 5.64. The first-order valence-electron chi connectivity index (χ1n) is 9.96. The number of nitrogens with one attached hydrogen (secondary N) is 1. The van der Waals surface area contributed by atoms with Crippen LogP contribution in [0.2, 0.25) is 0 Å². The monoisotopic (exact) mass is 405 g/mol. The van der Waals surface area contributed by atoms with Crippen molar-refractivity contribution in [2.45, 2.75) is 25.8 Å². The molecule has 0 atom stereocenters. The van der Waals surface area contributed by atoms with Gasteiger partial charge in [0.05, 0.1) is 6.54 Å². The van der Waals surface area contributed by atoms with Gasteiger partial charge < -0.3 is 15.0 Å². The van der Waals surface area contributed by atoms with Crippen molar-refractivity contribution in [3.8, 4) is 5.75 Å². The quantitative estimate of drug-likeness (QED) is 0.652. The predicted octanol–water partition coefficient (Wildman–Crippen LogP) is 3.13. The molecule has 2 aromatic carbocycles. The van der Waals surface area contributed by atoms with E-state index in [1.54, 1.807) is 34.1 Å². The number of benzene rings is 2. The molecule has 8 nitrogen and oxygen atoms in total. The van der Waals surface area contributed by atoms with E-state index in [0.29, 0.717) is 36.6 Å². The van der Waals surface area contributed by atoms with E-state index in [1.807, 2.05) is 30.3 Å². The molecule has 1 N–H and O–H groups in total. The lowest BCUT2D eigenvalue weighted by atomic mass is 10.1. The van der Waals surface area contributed by atoms with Crippen molar-refractivity contribution < 1.29 is 14.3 Å². The molecule has 4 rings (SSSR count). The highest BCUT2D eigenvalue weighted by molar-refractivity contribution is 6.04. The predicted molar refractivity (Wildman–Crippen MR) is 113 cm³/mol. The van der Waals surface area contributed by atoms with Gasteiger partial charge in [0.2, 0.25) is 5.91 Å². The summed E-state index contributed by atoms with van der Waals surface area (Å²) in [5.74, 6) is 0.581. The molecule has 2 heterocycles. The molecule has 154 valence electrons. The summed E-state index contributed by atoms with van der Waals surface area (Å²) < 4.78 is 7.41. The van der Waals surface area contributed by atoms with Gasteiger partial charge in [0.25, 0.3) is 5.91 Å². The zero-order valence-corrected chi connectivity index (χ0v) is 16.5. The fourth-order valence-corrected chi connectivity index (χ4v) is 3.34. The average Bonchev–Trinajstić information content (AvgIpc) is 3.28. The number of ether oxygens (including phenoxy) is 1. The van der Waals surface area contributed by atoms with Gasteiger partial charge >= 0.3 is 0 Å². The summed E-state index contributed by atoms with van der Waals surface area (Å²) >= 11 is 0. The smallest absolute Gasteiger partial charge is 0.255 e. The number of hydrogen-bond acceptors (Lipinski definition) is 5. The summed E-state index contributed by atoms with van der Waals surface area (Å²) in [6, 6.07) is 14.4. The SMILES string of the molecule is O=C(Nc1cccc(OCCn2cncn2)c1)c1ccc(N2CCCCC2=O)cc1. The first-order valence-corrected chi connectivity index (χ1v) is 9.96. The van der Waals surface area contributed by atoms with Gasteiger partial charge in [-0.1, -0.05) is 6.07 Å². The number of anilines is 2. The Balaban J connectivity index is 1.34. The van der Waals surface area contributed by atoms with Gasteiger partial charge in [-0.15, -0.1) is 0 Å². The van der Waals surface area contributed by atoms with Crippen molar-refractivity contribution in [2.75, 3.05) is 23.4 Å². The molecule has 30 heavy (non-hydrogen) atoms. The molecule has 1 aliphatic rings. The highest BCUT2D eigenvalue weighted by Gasteiger charge is 2.19. The second kappa shape index (κ2) is 9.21. The van der Waals surface area contributed by atoms with Crippen LogP contribution in [0.15, 0.2) is 61.2 Å². The second-order valence-corrected chi connectivity index (χ2v) is 7.04. The van der Waals surface area contributed by atoms with Crippen LogP contribution >= 0.6 is 0 Å². The van der Waals surface area contributed by atoms with Crippen LogP contribution in [0.5, 0.6) is 5.75 Å². The molecule has 0 aliphatic carbocycles. The van der Waals surface area contributed by atoms with E-state index in [-0.39, 0.29) is 11.8 Å². The highest BCUT2D eigenvalue weighted by atomic mass is 16.5. The standard InChI is InChI=1S/C22H23N5O3/c28-21-6-1-2-11-27(21)19-9-7-17(8-10-19)22(29)25-18-4-3-5-20(14-18)30-13-12-26-16-23-15-24-26/h3-5,7-10,14-16H,1-2,6,11-13H2,(H,25,29). The van der Waals surface area contributed by atoms with E-state index in [0.717, 1.165) is 25.1 Å². The number of hydrogen-bond donors (Lipinski definition) is 1. The highest BCUT2D eigenvalue weighted by Crippen LogP contribution is 2.22. The molecule has 3 aromatic rings. The maximum Gasteiger partial charge on any atom is 0.255 e. The second-order valence-electron chi connectivity index (χ2n) is 7.04. The number of carbonyl (C=O) groups is 2. The summed E-state index contributed by atoms with van der Waals surface area (Å²) in [5.41, 5.74) is 2.01. The van der Waals surface area contributed by atoms with Gasteiger partial charge in [0, 0.05) is 36.0 Å². The summed E-state index contributed by atoms with van der Waals surface area (Å²) in [7, 11) is 0. The number of aromatic nitrogens is 3. The fraction of sp³-hybridized carbons (Fsp3) is 0.273. The van der Waals surface area contributed by atoms with Gasteiger partial charge in [-0.3, -0.25) is 9.59 Å². The number of amides is 2. The zero-order chi connectivity index (χ0) is 20.8. The van der Waals surface area contributed by atoms with E-state index in [1.165, 1.54) is 6.33 Å². The molecular formula is C22H23N5O3. The number of piperidine rings is 1. The molecule has 1 aliphatic heterocycles. The lowest BCUT2D eigenvalue weighted by molar-refractivity contribution is -0.119. The van der Waals surface area contributed by atoms with Crippen LogP contribution < -0.4 is 15.0 Å². The summed E-state index contributed by atoms with van der Waals surface area (Å²) in [5, 5.41) is 6.91. The Bertz CT molecular complexity index is 1000. The minimum absolute atomic E-state index is 0.138. The lowest BCUT2D eigenvalue weighted by Gasteiger charge is -2.26. The molecule has 1 aromatic heterocycles. The number of carbonyl (C=O) groups excluding carboxylic acids is 2. The van der Waals surface area contributed by atoms with Crippen molar-refractivity contribution in [3.63, 3.8) is 0 Å². The molecule has 0 bridgehead atoms. The van der Waals surface area contributed by atoms with E-state index in [4.69, 9.17) is 4.74 Å². The third kappa shape index (κ3) is 4.83. The minimum Gasteiger partial charge on any atom is -0.492 e. The van der Waals surface area contributed by atoms with Crippen LogP contribution in [0.1, 0.15) is 29.6 Å². The molecule has 1 saturated heterocycles. The van der Waals surface area contributed by atoms with E-state index >= 15 is 0 Å². The van der Waals surface area contributed by atoms with Gasteiger partial charge in [-0.2, -0.15) is 5.10 Å². The van der Waals surface area contributed by atoms with Crippen molar-refractivity contribution >= 4 is 23.2 Å². The Kier molecular flexibility index (Phi) is 6.03. The fourth-order valence-electron chi connectivity index (χ4n) is 3.34. The molecule has 0 saturated carbocycles. The molecule has 0 spiro atoms. The minimum atomic E-state index is -0.216.